The fraction of sp³-hybridized carbons (Fsp3) is 0.667. The van der Waals surface area contributed by atoms with Crippen molar-refractivity contribution in [3.05, 3.63) is 11.9 Å². The Kier molecular flexibility index (Phi) is 14.0. The van der Waals surface area contributed by atoms with Crippen molar-refractivity contribution in [2.24, 2.45) is 4.99 Å². The summed E-state index contributed by atoms with van der Waals surface area (Å²) in [6.45, 7) is 9.82. The highest BCUT2D eigenvalue weighted by atomic mass is 16.1. The molecule has 88 valence electrons. The van der Waals surface area contributed by atoms with E-state index in [0.717, 1.165) is 12.8 Å². The fourth-order valence-electron chi connectivity index (χ4n) is 0.825. The van der Waals surface area contributed by atoms with E-state index in [1.54, 1.807) is 0 Å². The second-order valence-corrected chi connectivity index (χ2v) is 2.38. The third kappa shape index (κ3) is 9.19. The summed E-state index contributed by atoms with van der Waals surface area (Å²) in [5.74, 6) is 0.721. The summed E-state index contributed by atoms with van der Waals surface area (Å²) in [7, 11) is 0. The Balaban J connectivity index is 0. The van der Waals surface area contributed by atoms with E-state index in [2.05, 4.69) is 10.3 Å². The quantitative estimate of drug-likeness (QED) is 0.750. The minimum Gasteiger partial charge on any atom is -0.311 e. The summed E-state index contributed by atoms with van der Waals surface area (Å²) in [5, 5.41) is 2.69. The zero-order valence-corrected chi connectivity index (χ0v) is 10.6. The molecule has 0 bridgehead atoms. The number of carbonyl (C=O) groups excluding carboxylic acids is 1. The molecule has 0 saturated heterocycles. The smallest absolute Gasteiger partial charge is 0.225 e. The molecule has 1 aliphatic heterocycles. The van der Waals surface area contributed by atoms with E-state index in [1.807, 2.05) is 46.9 Å². The molecule has 0 aromatic heterocycles. The molecule has 1 heterocycles. The Hall–Kier alpha value is -1.12. The molecule has 0 atom stereocenters. The highest BCUT2D eigenvalue weighted by Gasteiger charge is 2.01. The van der Waals surface area contributed by atoms with Gasteiger partial charge in [0, 0.05) is 12.6 Å². The Morgan fingerprint density at radius 3 is 2.33 bits per heavy atom. The number of hydrogen-bond acceptors (Lipinski definition) is 2. The van der Waals surface area contributed by atoms with Gasteiger partial charge in [0.15, 0.2) is 0 Å². The number of allylic oxidation sites excluding steroid dienone is 1. The van der Waals surface area contributed by atoms with E-state index in [0.29, 0.717) is 12.2 Å². The molecule has 0 unspecified atom stereocenters. The van der Waals surface area contributed by atoms with Crippen LogP contribution in [0.25, 0.3) is 0 Å². The van der Waals surface area contributed by atoms with E-state index in [4.69, 9.17) is 0 Å². The molecule has 0 fully saturated rings. The van der Waals surface area contributed by atoms with Crippen LogP contribution in [0.1, 0.15) is 53.9 Å². The molecular weight excluding hydrogens is 188 g/mol. The maximum Gasteiger partial charge on any atom is 0.225 e. The molecule has 1 rings (SSSR count). The van der Waals surface area contributed by atoms with Gasteiger partial charge in [0.2, 0.25) is 5.91 Å². The molecule has 1 N–H and O–H groups in total. The van der Waals surface area contributed by atoms with E-state index in [1.165, 1.54) is 0 Å². The average molecular weight is 212 g/mol. The fourth-order valence-corrected chi connectivity index (χ4v) is 0.825. The van der Waals surface area contributed by atoms with Crippen molar-refractivity contribution in [3.8, 4) is 0 Å². The second-order valence-electron chi connectivity index (χ2n) is 2.38. The first-order valence-corrected chi connectivity index (χ1v) is 5.85. The summed E-state index contributed by atoms with van der Waals surface area (Å²) in [5.41, 5.74) is 0. The number of carbonyl (C=O) groups is 1. The van der Waals surface area contributed by atoms with Crippen LogP contribution in [-0.2, 0) is 4.79 Å². The highest BCUT2D eigenvalue weighted by molar-refractivity contribution is 5.78. The summed E-state index contributed by atoms with van der Waals surface area (Å²) < 4.78 is 0. The van der Waals surface area contributed by atoms with Gasteiger partial charge >= 0.3 is 0 Å². The molecule has 0 radical (unpaired) electrons. The standard InChI is InChI=1S/C8H12N2O.2C2H6/c1-2-8(11)10-7-5-3-4-6-9-7;2*1-2/h5-6H,2-4H2,1H3,(H,10,11);2*1-2H3. The SMILES string of the molecule is CC.CC.CCC(=O)NC1=CCCC=N1. The molecule has 0 aromatic carbocycles. The normalized spacial score (nSPS) is 12.5. The summed E-state index contributed by atoms with van der Waals surface area (Å²) in [6.07, 6.45) is 6.22. The molecule has 1 aliphatic rings. The van der Waals surface area contributed by atoms with Gasteiger partial charge in [-0.3, -0.25) is 4.79 Å². The minimum absolute atomic E-state index is 0.0234. The second kappa shape index (κ2) is 12.9. The van der Waals surface area contributed by atoms with E-state index in [9.17, 15) is 4.79 Å². The number of amides is 1. The Morgan fingerprint density at radius 2 is 1.93 bits per heavy atom. The number of nitrogens with zero attached hydrogens (tertiary/aromatic N) is 1. The molecule has 0 spiro atoms. The van der Waals surface area contributed by atoms with Crippen LogP contribution in [0.4, 0.5) is 0 Å². The molecular formula is C12H24N2O. The van der Waals surface area contributed by atoms with Crippen molar-refractivity contribution in [1.29, 1.82) is 0 Å². The summed E-state index contributed by atoms with van der Waals surface area (Å²) >= 11 is 0. The molecule has 1 amide bonds. The van der Waals surface area contributed by atoms with Gasteiger partial charge in [-0.25, -0.2) is 4.99 Å². The van der Waals surface area contributed by atoms with Crippen LogP contribution >= 0.6 is 0 Å². The Morgan fingerprint density at radius 1 is 1.33 bits per heavy atom. The van der Waals surface area contributed by atoms with E-state index in [-0.39, 0.29) is 5.91 Å². The number of rotatable bonds is 2. The van der Waals surface area contributed by atoms with Crippen molar-refractivity contribution in [2.45, 2.75) is 53.9 Å². The maximum atomic E-state index is 10.9. The van der Waals surface area contributed by atoms with Crippen LogP contribution in [0.15, 0.2) is 16.9 Å². The van der Waals surface area contributed by atoms with Gasteiger partial charge in [0.25, 0.3) is 0 Å². The van der Waals surface area contributed by atoms with Crippen LogP contribution in [0.5, 0.6) is 0 Å². The molecule has 3 heteroatoms. The van der Waals surface area contributed by atoms with Gasteiger partial charge in [0.05, 0.1) is 0 Å². The van der Waals surface area contributed by atoms with Gasteiger partial charge in [-0.2, -0.15) is 0 Å². The van der Waals surface area contributed by atoms with Gasteiger partial charge in [0.1, 0.15) is 5.82 Å². The van der Waals surface area contributed by atoms with Crippen LogP contribution in [0.3, 0.4) is 0 Å². The molecule has 0 saturated carbocycles. The molecule has 15 heavy (non-hydrogen) atoms. The third-order valence-electron chi connectivity index (χ3n) is 1.45. The van der Waals surface area contributed by atoms with Gasteiger partial charge in [-0.05, 0) is 18.9 Å². The van der Waals surface area contributed by atoms with Crippen molar-refractivity contribution in [3.63, 3.8) is 0 Å². The maximum absolute atomic E-state index is 10.9. The van der Waals surface area contributed by atoms with E-state index < -0.39 is 0 Å². The van der Waals surface area contributed by atoms with Crippen molar-refractivity contribution in [2.75, 3.05) is 0 Å². The lowest BCUT2D eigenvalue weighted by atomic mass is 10.3. The van der Waals surface area contributed by atoms with Gasteiger partial charge in [-0.15, -0.1) is 0 Å². The summed E-state index contributed by atoms with van der Waals surface area (Å²) in [4.78, 5) is 14.9. The van der Waals surface area contributed by atoms with Crippen LogP contribution in [0.2, 0.25) is 0 Å². The van der Waals surface area contributed by atoms with Crippen LogP contribution < -0.4 is 5.32 Å². The largest absolute Gasteiger partial charge is 0.311 e. The molecule has 0 aliphatic carbocycles. The molecule has 3 nitrogen and oxygen atoms in total. The number of nitrogens with one attached hydrogen (secondary N) is 1. The van der Waals surface area contributed by atoms with Crippen LogP contribution in [-0.4, -0.2) is 12.1 Å². The van der Waals surface area contributed by atoms with Gasteiger partial charge in [-0.1, -0.05) is 34.6 Å². The zero-order valence-electron chi connectivity index (χ0n) is 10.6. The topological polar surface area (TPSA) is 41.5 Å². The Bertz CT molecular complexity index is 208. The minimum atomic E-state index is 0.0234. The lowest BCUT2D eigenvalue weighted by Crippen LogP contribution is -2.21. The first-order valence-electron chi connectivity index (χ1n) is 5.85. The zero-order chi connectivity index (χ0) is 12.1. The molecule has 0 aromatic rings. The monoisotopic (exact) mass is 212 g/mol. The average Bonchev–Trinajstić information content (AvgIpc) is 2.35. The van der Waals surface area contributed by atoms with Crippen LogP contribution in [0, 0.1) is 0 Å². The van der Waals surface area contributed by atoms with Gasteiger partial charge < -0.3 is 5.32 Å². The lowest BCUT2D eigenvalue weighted by molar-refractivity contribution is -0.120. The predicted molar refractivity (Wildman–Crippen MR) is 66.9 cm³/mol. The summed E-state index contributed by atoms with van der Waals surface area (Å²) in [6, 6.07) is 0. The first kappa shape index (κ1) is 16.3. The highest BCUT2D eigenvalue weighted by Crippen LogP contribution is 2.02. The Labute approximate surface area is 93.7 Å². The lowest BCUT2D eigenvalue weighted by Gasteiger charge is -2.06. The number of aliphatic imine (C=N–C) groups is 1. The van der Waals surface area contributed by atoms with Crippen molar-refractivity contribution < 1.29 is 4.79 Å². The third-order valence-corrected chi connectivity index (χ3v) is 1.45. The number of hydrogen-bond donors (Lipinski definition) is 1. The first-order chi connectivity index (χ1) is 7.33. The van der Waals surface area contributed by atoms with E-state index >= 15 is 0 Å². The predicted octanol–water partition coefficient (Wildman–Crippen LogP) is 3.27. The van der Waals surface area contributed by atoms with Crippen molar-refractivity contribution in [1.82, 2.24) is 5.32 Å². The van der Waals surface area contributed by atoms with Crippen molar-refractivity contribution >= 4 is 12.1 Å².